The van der Waals surface area contributed by atoms with Crippen LogP contribution in [0.15, 0.2) is 16.8 Å². The summed E-state index contributed by atoms with van der Waals surface area (Å²) >= 11 is 5.26. The van der Waals surface area contributed by atoms with Crippen molar-refractivity contribution < 1.29 is 4.79 Å². The molecule has 1 aromatic rings. The van der Waals surface area contributed by atoms with Crippen LogP contribution < -0.4 is 5.32 Å². The molecule has 2 rings (SSSR count). The normalized spacial score (nSPS) is 25.3. The number of rotatable bonds is 3. The summed E-state index contributed by atoms with van der Waals surface area (Å²) in [6.07, 6.45) is 5.07. The van der Waals surface area contributed by atoms with E-state index in [0.717, 1.165) is 18.4 Å². The van der Waals surface area contributed by atoms with Gasteiger partial charge < -0.3 is 5.32 Å². The molecule has 1 aromatic heterocycles. The topological polar surface area (TPSA) is 29.1 Å². The number of hydrogen-bond acceptors (Lipinski definition) is 2. The first-order chi connectivity index (χ1) is 7.74. The molecule has 1 amide bonds. The second kappa shape index (κ2) is 5.82. The quantitative estimate of drug-likeness (QED) is 0.854. The van der Waals surface area contributed by atoms with E-state index in [0.29, 0.717) is 17.3 Å². The molecule has 1 N–H and O–H groups in total. The van der Waals surface area contributed by atoms with E-state index >= 15 is 0 Å². The highest BCUT2D eigenvalue weighted by atomic mass is 79.9. The van der Waals surface area contributed by atoms with Crippen molar-refractivity contribution in [2.45, 2.75) is 43.0 Å². The van der Waals surface area contributed by atoms with Crippen LogP contribution in [0.1, 0.15) is 31.2 Å². The molecule has 0 bridgehead atoms. The van der Waals surface area contributed by atoms with Crippen LogP contribution >= 0.6 is 27.3 Å². The van der Waals surface area contributed by atoms with Gasteiger partial charge >= 0.3 is 0 Å². The molecule has 2 nitrogen and oxygen atoms in total. The Hall–Kier alpha value is -0.350. The Morgan fingerprint density at radius 3 is 2.81 bits per heavy atom. The van der Waals surface area contributed by atoms with Crippen LogP contribution in [0.25, 0.3) is 0 Å². The van der Waals surface area contributed by atoms with Gasteiger partial charge in [0.1, 0.15) is 0 Å². The third kappa shape index (κ3) is 3.59. The van der Waals surface area contributed by atoms with Crippen LogP contribution in [0.2, 0.25) is 0 Å². The minimum Gasteiger partial charge on any atom is -0.353 e. The number of nitrogens with one attached hydrogen (secondary N) is 1. The van der Waals surface area contributed by atoms with Crippen LogP contribution in [0.5, 0.6) is 0 Å². The first-order valence-electron chi connectivity index (χ1n) is 5.68. The standard InChI is InChI=1S/C12H16BrNOS/c13-10-1-3-11(4-2-10)14-12(15)7-9-5-6-16-8-9/h5-6,8,10-11H,1-4,7H2,(H,14,15). The van der Waals surface area contributed by atoms with E-state index in [9.17, 15) is 4.79 Å². The third-order valence-corrected chi connectivity index (χ3v) is 4.61. The van der Waals surface area contributed by atoms with Crippen molar-refractivity contribution >= 4 is 33.2 Å². The van der Waals surface area contributed by atoms with Crippen molar-refractivity contribution in [1.29, 1.82) is 0 Å². The van der Waals surface area contributed by atoms with E-state index < -0.39 is 0 Å². The third-order valence-electron chi connectivity index (χ3n) is 2.97. The van der Waals surface area contributed by atoms with Crippen molar-refractivity contribution in [3.05, 3.63) is 22.4 Å². The maximum Gasteiger partial charge on any atom is 0.224 e. The molecular weight excluding hydrogens is 286 g/mol. The van der Waals surface area contributed by atoms with Crippen LogP contribution in [0, 0.1) is 0 Å². The Labute approximate surface area is 109 Å². The van der Waals surface area contributed by atoms with Crippen molar-refractivity contribution in [3.63, 3.8) is 0 Å². The molecule has 0 atom stereocenters. The number of hydrogen-bond donors (Lipinski definition) is 1. The summed E-state index contributed by atoms with van der Waals surface area (Å²) < 4.78 is 0. The van der Waals surface area contributed by atoms with Gasteiger partial charge in [-0.3, -0.25) is 4.79 Å². The Bertz CT molecular complexity index is 331. The van der Waals surface area contributed by atoms with Crippen molar-refractivity contribution in [2.24, 2.45) is 0 Å². The van der Waals surface area contributed by atoms with E-state index in [1.165, 1.54) is 12.8 Å². The van der Waals surface area contributed by atoms with E-state index in [4.69, 9.17) is 0 Å². The molecule has 0 saturated heterocycles. The Morgan fingerprint density at radius 2 is 2.19 bits per heavy atom. The molecule has 88 valence electrons. The lowest BCUT2D eigenvalue weighted by atomic mass is 9.95. The van der Waals surface area contributed by atoms with E-state index in [2.05, 4.69) is 21.2 Å². The van der Waals surface area contributed by atoms with E-state index in [1.807, 2.05) is 16.8 Å². The SMILES string of the molecule is O=C(Cc1ccsc1)NC1CCC(Br)CC1. The fourth-order valence-corrected chi connectivity index (χ4v) is 3.25. The molecule has 1 heterocycles. The number of amides is 1. The van der Waals surface area contributed by atoms with Gasteiger partial charge in [-0.15, -0.1) is 0 Å². The molecule has 4 heteroatoms. The van der Waals surface area contributed by atoms with Crippen LogP contribution in [-0.2, 0) is 11.2 Å². The highest BCUT2D eigenvalue weighted by molar-refractivity contribution is 9.09. The molecule has 1 saturated carbocycles. The maximum absolute atomic E-state index is 11.7. The first-order valence-corrected chi connectivity index (χ1v) is 7.54. The van der Waals surface area contributed by atoms with Gasteiger partial charge in [-0.25, -0.2) is 0 Å². The number of halogens is 1. The second-order valence-corrected chi connectivity index (χ2v) is 6.40. The van der Waals surface area contributed by atoms with Crippen molar-refractivity contribution in [3.8, 4) is 0 Å². The number of carbonyl (C=O) groups excluding carboxylic acids is 1. The zero-order valence-electron chi connectivity index (χ0n) is 9.12. The number of carbonyl (C=O) groups is 1. The average Bonchev–Trinajstić information content (AvgIpc) is 2.74. The van der Waals surface area contributed by atoms with Gasteiger partial charge in [-0.05, 0) is 48.1 Å². The Kier molecular flexibility index (Phi) is 4.41. The fourth-order valence-electron chi connectivity index (χ4n) is 2.05. The summed E-state index contributed by atoms with van der Waals surface area (Å²) in [5.41, 5.74) is 1.12. The summed E-state index contributed by atoms with van der Waals surface area (Å²) in [6, 6.07) is 2.40. The predicted octanol–water partition coefficient (Wildman–Crippen LogP) is 3.11. The highest BCUT2D eigenvalue weighted by Gasteiger charge is 2.20. The molecule has 0 aromatic carbocycles. The molecule has 16 heavy (non-hydrogen) atoms. The van der Waals surface area contributed by atoms with Gasteiger partial charge in [0.2, 0.25) is 5.91 Å². The molecular formula is C12H16BrNOS. The minimum absolute atomic E-state index is 0.163. The second-order valence-electron chi connectivity index (χ2n) is 4.32. The Balaban J connectivity index is 1.75. The summed E-state index contributed by atoms with van der Waals surface area (Å²) in [5.74, 6) is 0.163. The lowest BCUT2D eigenvalue weighted by molar-refractivity contribution is -0.121. The molecule has 1 aliphatic rings. The van der Waals surface area contributed by atoms with Crippen molar-refractivity contribution in [2.75, 3.05) is 0 Å². The number of alkyl halides is 1. The molecule has 1 fully saturated rings. The summed E-state index contributed by atoms with van der Waals surface area (Å²) in [7, 11) is 0. The van der Waals surface area contributed by atoms with Gasteiger partial charge in [-0.1, -0.05) is 15.9 Å². The monoisotopic (exact) mass is 301 g/mol. The summed E-state index contributed by atoms with van der Waals surface area (Å²) in [6.45, 7) is 0. The smallest absolute Gasteiger partial charge is 0.224 e. The summed E-state index contributed by atoms with van der Waals surface area (Å²) in [5, 5.41) is 7.17. The van der Waals surface area contributed by atoms with Gasteiger partial charge in [-0.2, -0.15) is 11.3 Å². The first kappa shape index (κ1) is 12.1. The minimum atomic E-state index is 0.163. The molecule has 0 aliphatic heterocycles. The highest BCUT2D eigenvalue weighted by Crippen LogP contribution is 2.24. The maximum atomic E-state index is 11.7. The Morgan fingerprint density at radius 1 is 1.44 bits per heavy atom. The average molecular weight is 302 g/mol. The lowest BCUT2D eigenvalue weighted by Gasteiger charge is -2.25. The van der Waals surface area contributed by atoms with Gasteiger partial charge in [0.05, 0.1) is 6.42 Å². The van der Waals surface area contributed by atoms with Gasteiger partial charge in [0.15, 0.2) is 0 Å². The van der Waals surface area contributed by atoms with Crippen LogP contribution in [0.4, 0.5) is 0 Å². The van der Waals surface area contributed by atoms with E-state index in [-0.39, 0.29) is 5.91 Å². The predicted molar refractivity (Wildman–Crippen MR) is 71.1 cm³/mol. The van der Waals surface area contributed by atoms with Crippen LogP contribution in [0.3, 0.4) is 0 Å². The zero-order chi connectivity index (χ0) is 11.4. The fraction of sp³-hybridized carbons (Fsp3) is 0.583. The van der Waals surface area contributed by atoms with Crippen molar-refractivity contribution in [1.82, 2.24) is 5.32 Å². The molecule has 0 spiro atoms. The molecule has 1 aliphatic carbocycles. The molecule has 0 radical (unpaired) electrons. The largest absolute Gasteiger partial charge is 0.353 e. The number of thiophene rings is 1. The van der Waals surface area contributed by atoms with Gasteiger partial charge in [0, 0.05) is 10.9 Å². The zero-order valence-corrected chi connectivity index (χ0v) is 11.5. The van der Waals surface area contributed by atoms with E-state index in [1.54, 1.807) is 11.3 Å². The van der Waals surface area contributed by atoms with Gasteiger partial charge in [0.25, 0.3) is 0 Å². The lowest BCUT2D eigenvalue weighted by Crippen LogP contribution is -2.38. The summed E-state index contributed by atoms with van der Waals surface area (Å²) in [4.78, 5) is 12.4. The van der Waals surface area contributed by atoms with Crippen LogP contribution in [-0.4, -0.2) is 16.8 Å². The molecule has 0 unspecified atom stereocenters.